The van der Waals surface area contributed by atoms with E-state index in [1.807, 2.05) is 13.8 Å². The fourth-order valence-electron chi connectivity index (χ4n) is 1.66. The van der Waals surface area contributed by atoms with Crippen molar-refractivity contribution < 1.29 is 19.4 Å². The number of nitrogens with two attached hydrogens (primary N) is 1. The van der Waals surface area contributed by atoms with E-state index in [1.54, 1.807) is 0 Å². The minimum atomic E-state index is -1.25. The maximum absolute atomic E-state index is 13.3. The van der Waals surface area contributed by atoms with Crippen molar-refractivity contribution in [1.82, 2.24) is 0 Å². The normalized spacial score (nSPS) is 12.8. The minimum Gasteiger partial charge on any atom is -0.505 e. The fourth-order valence-corrected chi connectivity index (χ4v) is 1.66. The SMILES string of the molecule is CC(C)C[C@H](N)c1cc(C(=O)O)cc(F)c1O. The summed E-state index contributed by atoms with van der Waals surface area (Å²) < 4.78 is 13.3. The Morgan fingerprint density at radius 3 is 2.53 bits per heavy atom. The van der Waals surface area contributed by atoms with Gasteiger partial charge in [0.05, 0.1) is 5.56 Å². The van der Waals surface area contributed by atoms with Crippen LogP contribution in [-0.2, 0) is 0 Å². The molecule has 1 rings (SSSR count). The number of carbonyl (C=O) groups is 1. The monoisotopic (exact) mass is 241 g/mol. The van der Waals surface area contributed by atoms with E-state index in [2.05, 4.69) is 0 Å². The third kappa shape index (κ3) is 3.17. The van der Waals surface area contributed by atoms with E-state index < -0.39 is 23.6 Å². The molecule has 1 aromatic rings. The van der Waals surface area contributed by atoms with Gasteiger partial charge in [0.2, 0.25) is 0 Å². The average molecular weight is 241 g/mol. The lowest BCUT2D eigenvalue weighted by molar-refractivity contribution is 0.0696. The van der Waals surface area contributed by atoms with Gasteiger partial charge in [-0.3, -0.25) is 0 Å². The molecule has 1 atom stereocenters. The standard InChI is InChI=1S/C12H16FNO3/c1-6(2)3-10(14)8-4-7(12(16)17)5-9(13)11(8)15/h4-6,10,15H,3,14H2,1-2H3,(H,16,17)/t10-/m0/s1. The first-order valence-electron chi connectivity index (χ1n) is 5.34. The van der Waals surface area contributed by atoms with Crippen molar-refractivity contribution in [2.75, 3.05) is 0 Å². The Balaban J connectivity index is 3.17. The quantitative estimate of drug-likeness (QED) is 0.755. The number of aromatic hydroxyl groups is 1. The first kappa shape index (κ1) is 13.4. The van der Waals surface area contributed by atoms with Crippen molar-refractivity contribution in [2.24, 2.45) is 11.7 Å². The second-order valence-corrected chi connectivity index (χ2v) is 4.44. The molecule has 0 unspecified atom stereocenters. The Labute approximate surface area is 98.9 Å². The molecule has 0 radical (unpaired) electrons. The van der Waals surface area contributed by atoms with E-state index in [0.29, 0.717) is 6.42 Å². The van der Waals surface area contributed by atoms with Crippen LogP contribution in [0.25, 0.3) is 0 Å². The molecule has 0 saturated carbocycles. The lowest BCUT2D eigenvalue weighted by atomic mass is 9.95. The van der Waals surface area contributed by atoms with Crippen LogP contribution >= 0.6 is 0 Å². The fraction of sp³-hybridized carbons (Fsp3) is 0.417. The van der Waals surface area contributed by atoms with E-state index in [4.69, 9.17) is 10.8 Å². The molecule has 0 aliphatic carbocycles. The number of rotatable bonds is 4. The molecule has 0 fully saturated rings. The Morgan fingerprint density at radius 1 is 1.47 bits per heavy atom. The van der Waals surface area contributed by atoms with Crippen molar-refractivity contribution in [2.45, 2.75) is 26.3 Å². The predicted octanol–water partition coefficient (Wildman–Crippen LogP) is 2.28. The van der Waals surface area contributed by atoms with E-state index in [1.165, 1.54) is 6.07 Å². The Bertz CT molecular complexity index is 432. The predicted molar refractivity (Wildman–Crippen MR) is 61.4 cm³/mol. The molecule has 0 bridgehead atoms. The molecule has 17 heavy (non-hydrogen) atoms. The molecular weight excluding hydrogens is 225 g/mol. The van der Waals surface area contributed by atoms with Crippen LogP contribution in [0, 0.1) is 11.7 Å². The van der Waals surface area contributed by atoms with Gasteiger partial charge in [0.25, 0.3) is 0 Å². The van der Waals surface area contributed by atoms with Crippen LogP contribution in [0.1, 0.15) is 42.2 Å². The molecule has 0 aromatic heterocycles. The largest absolute Gasteiger partial charge is 0.505 e. The summed E-state index contributed by atoms with van der Waals surface area (Å²) in [6.45, 7) is 3.88. The molecule has 0 aliphatic rings. The van der Waals surface area contributed by atoms with Gasteiger partial charge in [0.15, 0.2) is 11.6 Å². The summed E-state index contributed by atoms with van der Waals surface area (Å²) in [5.41, 5.74) is 5.74. The van der Waals surface area contributed by atoms with Gasteiger partial charge in [-0.1, -0.05) is 13.8 Å². The summed E-state index contributed by atoms with van der Waals surface area (Å²) >= 11 is 0. The molecule has 0 spiro atoms. The van der Waals surface area contributed by atoms with Crippen molar-refractivity contribution in [3.63, 3.8) is 0 Å². The molecule has 5 heteroatoms. The van der Waals surface area contributed by atoms with Gasteiger partial charge in [0.1, 0.15) is 0 Å². The zero-order chi connectivity index (χ0) is 13.2. The van der Waals surface area contributed by atoms with E-state index >= 15 is 0 Å². The van der Waals surface area contributed by atoms with Gasteiger partial charge >= 0.3 is 5.97 Å². The zero-order valence-corrected chi connectivity index (χ0v) is 9.77. The highest BCUT2D eigenvalue weighted by Crippen LogP contribution is 2.30. The summed E-state index contributed by atoms with van der Waals surface area (Å²) in [4.78, 5) is 10.8. The third-order valence-corrected chi connectivity index (χ3v) is 2.46. The first-order valence-corrected chi connectivity index (χ1v) is 5.34. The molecule has 0 heterocycles. The van der Waals surface area contributed by atoms with Crippen molar-refractivity contribution in [3.05, 3.63) is 29.1 Å². The Morgan fingerprint density at radius 2 is 2.06 bits per heavy atom. The van der Waals surface area contributed by atoms with Crippen LogP contribution in [0.5, 0.6) is 5.75 Å². The van der Waals surface area contributed by atoms with Crippen molar-refractivity contribution >= 4 is 5.97 Å². The Hall–Kier alpha value is -1.62. The van der Waals surface area contributed by atoms with Crippen LogP contribution < -0.4 is 5.73 Å². The lowest BCUT2D eigenvalue weighted by Crippen LogP contribution is -2.14. The van der Waals surface area contributed by atoms with Gasteiger partial charge in [0, 0.05) is 11.6 Å². The van der Waals surface area contributed by atoms with Gasteiger partial charge in [-0.15, -0.1) is 0 Å². The smallest absolute Gasteiger partial charge is 0.335 e. The number of hydrogen-bond acceptors (Lipinski definition) is 3. The maximum atomic E-state index is 13.3. The maximum Gasteiger partial charge on any atom is 0.335 e. The second kappa shape index (κ2) is 5.14. The van der Waals surface area contributed by atoms with E-state index in [-0.39, 0.29) is 17.0 Å². The van der Waals surface area contributed by atoms with Gasteiger partial charge in [-0.05, 0) is 24.5 Å². The van der Waals surface area contributed by atoms with Gasteiger partial charge < -0.3 is 15.9 Å². The number of carboxylic acids is 1. The Kier molecular flexibility index (Phi) is 4.07. The number of benzene rings is 1. The molecule has 0 saturated heterocycles. The molecule has 0 aliphatic heterocycles. The van der Waals surface area contributed by atoms with Crippen LogP contribution in [-0.4, -0.2) is 16.2 Å². The molecular formula is C12H16FNO3. The number of carboxylic acid groups (broad SMARTS) is 1. The highest BCUT2D eigenvalue weighted by Gasteiger charge is 2.19. The number of hydrogen-bond donors (Lipinski definition) is 3. The van der Waals surface area contributed by atoms with Crippen LogP contribution in [0.3, 0.4) is 0 Å². The first-order chi connectivity index (χ1) is 7.82. The minimum absolute atomic E-state index is 0.135. The third-order valence-electron chi connectivity index (χ3n) is 2.46. The average Bonchev–Trinajstić information content (AvgIpc) is 2.20. The van der Waals surface area contributed by atoms with Gasteiger partial charge in [-0.25, -0.2) is 9.18 Å². The second-order valence-electron chi connectivity index (χ2n) is 4.44. The highest BCUT2D eigenvalue weighted by molar-refractivity contribution is 5.88. The highest BCUT2D eigenvalue weighted by atomic mass is 19.1. The summed E-state index contributed by atoms with van der Waals surface area (Å²) in [6, 6.07) is 1.42. The van der Waals surface area contributed by atoms with Crippen LogP contribution in [0.2, 0.25) is 0 Å². The van der Waals surface area contributed by atoms with Crippen molar-refractivity contribution in [3.8, 4) is 5.75 Å². The number of halogens is 1. The molecule has 1 aromatic carbocycles. The molecule has 4 nitrogen and oxygen atoms in total. The summed E-state index contributed by atoms with van der Waals surface area (Å²) in [5.74, 6) is -2.51. The summed E-state index contributed by atoms with van der Waals surface area (Å²) in [6.07, 6.45) is 0.538. The van der Waals surface area contributed by atoms with Crippen LogP contribution in [0.15, 0.2) is 12.1 Å². The number of phenols is 1. The van der Waals surface area contributed by atoms with E-state index in [9.17, 15) is 14.3 Å². The lowest BCUT2D eigenvalue weighted by Gasteiger charge is -2.16. The van der Waals surface area contributed by atoms with Gasteiger partial charge in [-0.2, -0.15) is 0 Å². The summed E-state index contributed by atoms with van der Waals surface area (Å²) in [5, 5.41) is 18.3. The topological polar surface area (TPSA) is 83.6 Å². The molecule has 4 N–H and O–H groups in total. The molecule has 0 amide bonds. The van der Waals surface area contributed by atoms with Crippen molar-refractivity contribution in [1.29, 1.82) is 0 Å². The number of phenolic OH excluding ortho intramolecular Hbond substituents is 1. The zero-order valence-electron chi connectivity index (χ0n) is 9.77. The van der Waals surface area contributed by atoms with E-state index in [0.717, 1.165) is 6.07 Å². The molecule has 94 valence electrons. The van der Waals surface area contributed by atoms with Crippen LogP contribution in [0.4, 0.5) is 4.39 Å². The number of aromatic carboxylic acids is 1. The summed E-state index contributed by atoms with van der Waals surface area (Å²) in [7, 11) is 0.